The van der Waals surface area contributed by atoms with Crippen molar-refractivity contribution in [3.63, 3.8) is 0 Å². The summed E-state index contributed by atoms with van der Waals surface area (Å²) < 4.78 is 5.30. The van der Waals surface area contributed by atoms with E-state index in [2.05, 4.69) is 15.5 Å². The van der Waals surface area contributed by atoms with Crippen LogP contribution in [0.3, 0.4) is 0 Å². The van der Waals surface area contributed by atoms with Crippen molar-refractivity contribution in [1.82, 2.24) is 15.5 Å². The summed E-state index contributed by atoms with van der Waals surface area (Å²) in [6.07, 6.45) is 0.657. The SMILES string of the molecule is O=C(NCCN1CCOCC1)C1CC1C(=O)NCc1ccccc1. The highest BCUT2D eigenvalue weighted by Crippen LogP contribution is 2.38. The summed E-state index contributed by atoms with van der Waals surface area (Å²) in [5, 5.41) is 5.86. The first-order valence-corrected chi connectivity index (χ1v) is 8.63. The fraction of sp³-hybridized carbons (Fsp3) is 0.556. The molecule has 2 atom stereocenters. The number of amides is 2. The number of nitrogens with zero attached hydrogens (tertiary/aromatic N) is 1. The monoisotopic (exact) mass is 331 g/mol. The molecule has 1 heterocycles. The fourth-order valence-corrected chi connectivity index (χ4v) is 2.98. The minimum absolute atomic E-state index is 0.00289. The van der Waals surface area contributed by atoms with Crippen LogP contribution in [0.4, 0.5) is 0 Å². The van der Waals surface area contributed by atoms with Crippen molar-refractivity contribution in [1.29, 1.82) is 0 Å². The molecule has 0 radical (unpaired) electrons. The van der Waals surface area contributed by atoms with Gasteiger partial charge in [-0.05, 0) is 12.0 Å². The Labute approximate surface area is 142 Å². The maximum atomic E-state index is 12.1. The van der Waals surface area contributed by atoms with E-state index in [1.807, 2.05) is 30.3 Å². The van der Waals surface area contributed by atoms with Crippen LogP contribution in [-0.4, -0.2) is 56.1 Å². The third-order valence-electron chi connectivity index (χ3n) is 4.60. The Morgan fingerprint density at radius 1 is 1.04 bits per heavy atom. The highest BCUT2D eigenvalue weighted by Gasteiger charge is 2.47. The molecule has 1 aliphatic heterocycles. The zero-order chi connectivity index (χ0) is 16.8. The van der Waals surface area contributed by atoms with Gasteiger partial charge in [0.05, 0.1) is 25.0 Å². The first-order chi connectivity index (χ1) is 11.7. The molecule has 0 aromatic heterocycles. The van der Waals surface area contributed by atoms with E-state index in [1.165, 1.54) is 0 Å². The summed E-state index contributed by atoms with van der Waals surface area (Å²) in [5.41, 5.74) is 1.07. The molecule has 1 aliphatic carbocycles. The van der Waals surface area contributed by atoms with Gasteiger partial charge in [-0.15, -0.1) is 0 Å². The van der Waals surface area contributed by atoms with Crippen molar-refractivity contribution < 1.29 is 14.3 Å². The van der Waals surface area contributed by atoms with Gasteiger partial charge in [0.15, 0.2) is 0 Å². The number of rotatable bonds is 7. The van der Waals surface area contributed by atoms with E-state index in [4.69, 9.17) is 4.74 Å². The Morgan fingerprint density at radius 2 is 1.71 bits per heavy atom. The van der Waals surface area contributed by atoms with Crippen molar-refractivity contribution >= 4 is 11.8 Å². The van der Waals surface area contributed by atoms with Crippen molar-refractivity contribution in [2.45, 2.75) is 13.0 Å². The molecule has 1 saturated heterocycles. The molecule has 1 aromatic rings. The summed E-state index contributed by atoms with van der Waals surface area (Å²) in [5.74, 6) is -0.349. The van der Waals surface area contributed by atoms with Gasteiger partial charge in [0.1, 0.15) is 0 Å². The quantitative estimate of drug-likeness (QED) is 0.758. The van der Waals surface area contributed by atoms with E-state index in [-0.39, 0.29) is 23.7 Å². The number of benzene rings is 1. The van der Waals surface area contributed by atoms with Gasteiger partial charge in [-0.3, -0.25) is 14.5 Å². The molecule has 3 rings (SSSR count). The molecule has 0 bridgehead atoms. The van der Waals surface area contributed by atoms with Crippen molar-refractivity contribution in [3.8, 4) is 0 Å². The minimum Gasteiger partial charge on any atom is -0.379 e. The molecule has 1 aromatic carbocycles. The summed E-state index contributed by atoms with van der Waals surface area (Å²) in [6, 6.07) is 9.79. The van der Waals surface area contributed by atoms with Gasteiger partial charge in [0, 0.05) is 32.7 Å². The molecule has 2 unspecified atom stereocenters. The number of morpholine rings is 1. The van der Waals surface area contributed by atoms with Crippen LogP contribution < -0.4 is 10.6 Å². The van der Waals surface area contributed by atoms with Crippen LogP contribution in [0, 0.1) is 11.8 Å². The van der Waals surface area contributed by atoms with Crippen LogP contribution in [0.2, 0.25) is 0 Å². The molecule has 2 aliphatic rings. The summed E-state index contributed by atoms with van der Waals surface area (Å²) in [6.45, 7) is 5.36. The fourth-order valence-electron chi connectivity index (χ4n) is 2.98. The van der Waals surface area contributed by atoms with Crippen molar-refractivity contribution in [3.05, 3.63) is 35.9 Å². The zero-order valence-electron chi connectivity index (χ0n) is 13.9. The molecule has 130 valence electrons. The highest BCUT2D eigenvalue weighted by atomic mass is 16.5. The van der Waals surface area contributed by atoms with Crippen molar-refractivity contribution in [2.24, 2.45) is 11.8 Å². The van der Waals surface area contributed by atoms with Crippen LogP contribution >= 0.6 is 0 Å². The molecular formula is C18H25N3O3. The van der Waals surface area contributed by atoms with Gasteiger partial charge in [0.2, 0.25) is 11.8 Å². The van der Waals surface area contributed by atoms with Crippen molar-refractivity contribution in [2.75, 3.05) is 39.4 Å². The largest absolute Gasteiger partial charge is 0.379 e. The van der Waals surface area contributed by atoms with Gasteiger partial charge in [0.25, 0.3) is 0 Å². The van der Waals surface area contributed by atoms with E-state index < -0.39 is 0 Å². The van der Waals surface area contributed by atoms with E-state index >= 15 is 0 Å². The third kappa shape index (κ3) is 4.79. The number of carbonyl (C=O) groups is 2. The smallest absolute Gasteiger partial charge is 0.224 e. The number of carbonyl (C=O) groups excluding carboxylic acids is 2. The standard InChI is InChI=1S/C18H25N3O3/c22-17(19-6-7-21-8-10-24-11-9-21)15-12-16(15)18(23)20-13-14-4-2-1-3-5-14/h1-5,15-16H,6-13H2,(H,19,22)(H,20,23). The second-order valence-electron chi connectivity index (χ2n) is 6.40. The predicted molar refractivity (Wildman–Crippen MR) is 90.2 cm³/mol. The average molecular weight is 331 g/mol. The lowest BCUT2D eigenvalue weighted by Gasteiger charge is -2.26. The number of hydrogen-bond donors (Lipinski definition) is 2. The van der Waals surface area contributed by atoms with Gasteiger partial charge in [-0.2, -0.15) is 0 Å². The third-order valence-corrected chi connectivity index (χ3v) is 4.60. The van der Waals surface area contributed by atoms with Gasteiger partial charge in [-0.1, -0.05) is 30.3 Å². The van der Waals surface area contributed by atoms with Crippen LogP contribution in [0.5, 0.6) is 0 Å². The maximum absolute atomic E-state index is 12.1. The predicted octanol–water partition coefficient (Wildman–Crippen LogP) is 0.387. The molecule has 24 heavy (non-hydrogen) atoms. The molecular weight excluding hydrogens is 306 g/mol. The minimum atomic E-state index is -0.169. The van der Waals surface area contributed by atoms with Crippen LogP contribution in [0.25, 0.3) is 0 Å². The Hall–Kier alpha value is -1.92. The number of ether oxygens (including phenoxy) is 1. The van der Waals surface area contributed by atoms with Gasteiger partial charge in [-0.25, -0.2) is 0 Å². The molecule has 0 spiro atoms. The Kier molecular flexibility index (Phi) is 5.82. The van der Waals surface area contributed by atoms with E-state index in [0.717, 1.165) is 38.4 Å². The zero-order valence-corrected chi connectivity index (χ0v) is 13.9. The first-order valence-electron chi connectivity index (χ1n) is 8.63. The van der Waals surface area contributed by atoms with Gasteiger partial charge < -0.3 is 15.4 Å². The summed E-state index contributed by atoms with van der Waals surface area (Å²) in [7, 11) is 0. The molecule has 2 amide bonds. The maximum Gasteiger partial charge on any atom is 0.224 e. The van der Waals surface area contributed by atoms with Crippen LogP contribution in [0.15, 0.2) is 30.3 Å². The average Bonchev–Trinajstić information content (AvgIpc) is 3.42. The number of nitrogens with one attached hydrogen (secondary N) is 2. The summed E-state index contributed by atoms with van der Waals surface area (Å²) in [4.78, 5) is 26.5. The molecule has 1 saturated carbocycles. The van der Waals surface area contributed by atoms with Crippen LogP contribution in [-0.2, 0) is 20.9 Å². The Bertz CT molecular complexity index is 558. The Balaban J connectivity index is 1.32. The second-order valence-corrected chi connectivity index (χ2v) is 6.40. The summed E-state index contributed by atoms with van der Waals surface area (Å²) >= 11 is 0. The van der Waals surface area contributed by atoms with E-state index in [9.17, 15) is 9.59 Å². The molecule has 6 nitrogen and oxygen atoms in total. The molecule has 2 fully saturated rings. The number of hydrogen-bond acceptors (Lipinski definition) is 4. The lowest BCUT2D eigenvalue weighted by Crippen LogP contribution is -2.41. The van der Waals surface area contributed by atoms with E-state index in [1.54, 1.807) is 0 Å². The normalized spacial score (nSPS) is 23.5. The van der Waals surface area contributed by atoms with Gasteiger partial charge >= 0.3 is 0 Å². The lowest BCUT2D eigenvalue weighted by molar-refractivity contribution is -0.127. The van der Waals surface area contributed by atoms with E-state index in [0.29, 0.717) is 19.5 Å². The van der Waals surface area contributed by atoms with Crippen LogP contribution in [0.1, 0.15) is 12.0 Å². The lowest BCUT2D eigenvalue weighted by atomic mass is 10.2. The topological polar surface area (TPSA) is 70.7 Å². The Morgan fingerprint density at radius 3 is 2.42 bits per heavy atom. The molecule has 2 N–H and O–H groups in total. The molecule has 6 heteroatoms. The first kappa shape index (κ1) is 16.9. The highest BCUT2D eigenvalue weighted by molar-refractivity contribution is 5.92. The second kappa shape index (κ2) is 8.26.